The number of carbonyl (C=O) groups is 1. The molecule has 1 aliphatic carbocycles. The molecule has 2 atom stereocenters. The molecule has 0 aromatic carbocycles. The fraction of sp³-hybridized carbons (Fsp3) is 0.938. The second-order valence-electron chi connectivity index (χ2n) is 7.41. The van der Waals surface area contributed by atoms with Crippen LogP contribution in [-0.4, -0.2) is 29.7 Å². The fourth-order valence-corrected chi connectivity index (χ4v) is 3.11. The molecule has 20 heavy (non-hydrogen) atoms. The molecule has 1 aliphatic rings. The fourth-order valence-electron chi connectivity index (χ4n) is 3.11. The molecule has 0 aliphatic heterocycles. The van der Waals surface area contributed by atoms with Crippen LogP contribution in [0.3, 0.4) is 0 Å². The van der Waals surface area contributed by atoms with E-state index in [1.807, 2.05) is 0 Å². The molecule has 118 valence electrons. The van der Waals surface area contributed by atoms with Crippen LogP contribution in [0.2, 0.25) is 0 Å². The minimum atomic E-state index is -0.694. The lowest BCUT2D eigenvalue weighted by Crippen LogP contribution is -2.45. The van der Waals surface area contributed by atoms with Crippen molar-refractivity contribution in [2.75, 3.05) is 13.1 Å². The molecule has 0 aromatic heterocycles. The van der Waals surface area contributed by atoms with Crippen molar-refractivity contribution in [2.24, 2.45) is 17.1 Å². The summed E-state index contributed by atoms with van der Waals surface area (Å²) < 4.78 is 0. The van der Waals surface area contributed by atoms with Gasteiger partial charge in [-0.2, -0.15) is 0 Å². The summed E-state index contributed by atoms with van der Waals surface area (Å²) in [4.78, 5) is 11.9. The molecule has 0 radical (unpaired) electrons. The Morgan fingerprint density at radius 3 is 2.75 bits per heavy atom. The second kappa shape index (κ2) is 7.41. The average molecular weight is 284 g/mol. The van der Waals surface area contributed by atoms with Gasteiger partial charge in [0.05, 0.1) is 5.60 Å². The van der Waals surface area contributed by atoms with Crippen LogP contribution in [0.5, 0.6) is 0 Å². The molecule has 0 saturated heterocycles. The van der Waals surface area contributed by atoms with Gasteiger partial charge in [-0.05, 0) is 43.6 Å². The van der Waals surface area contributed by atoms with Crippen LogP contribution in [0.25, 0.3) is 0 Å². The summed E-state index contributed by atoms with van der Waals surface area (Å²) >= 11 is 0. The van der Waals surface area contributed by atoms with Crippen LogP contribution in [0.15, 0.2) is 0 Å². The van der Waals surface area contributed by atoms with Crippen molar-refractivity contribution in [3.8, 4) is 0 Å². The highest BCUT2D eigenvalue weighted by Crippen LogP contribution is 2.31. The Kier molecular flexibility index (Phi) is 6.46. The normalized spacial score (nSPS) is 27.4. The van der Waals surface area contributed by atoms with Gasteiger partial charge in [0.1, 0.15) is 0 Å². The maximum atomic E-state index is 11.9. The van der Waals surface area contributed by atoms with Crippen LogP contribution in [-0.2, 0) is 4.79 Å². The number of hydrogen-bond donors (Lipinski definition) is 3. The first-order valence-electron chi connectivity index (χ1n) is 7.95. The van der Waals surface area contributed by atoms with E-state index in [9.17, 15) is 9.90 Å². The van der Waals surface area contributed by atoms with E-state index in [2.05, 4.69) is 26.1 Å². The van der Waals surface area contributed by atoms with E-state index >= 15 is 0 Å². The van der Waals surface area contributed by atoms with E-state index in [4.69, 9.17) is 5.73 Å². The Morgan fingerprint density at radius 2 is 2.15 bits per heavy atom. The van der Waals surface area contributed by atoms with Gasteiger partial charge >= 0.3 is 0 Å². The lowest BCUT2D eigenvalue weighted by atomic mass is 9.79. The third-order valence-corrected chi connectivity index (χ3v) is 4.53. The van der Waals surface area contributed by atoms with Crippen molar-refractivity contribution in [3.63, 3.8) is 0 Å². The van der Waals surface area contributed by atoms with E-state index in [-0.39, 0.29) is 11.3 Å². The Bertz CT molecular complexity index is 318. The standard InChI is InChI=1S/C16H32N2O2/c1-13-5-4-7-16(20,11-13)12-18-14(19)6-8-15(2,3)9-10-17/h13,20H,4-12,17H2,1-3H3,(H,18,19). The van der Waals surface area contributed by atoms with E-state index in [0.717, 1.165) is 32.1 Å². The van der Waals surface area contributed by atoms with Gasteiger partial charge in [0.25, 0.3) is 0 Å². The number of aliphatic hydroxyl groups is 1. The summed E-state index contributed by atoms with van der Waals surface area (Å²) in [6.07, 6.45) is 6.12. The van der Waals surface area contributed by atoms with Crippen molar-refractivity contribution in [1.29, 1.82) is 0 Å². The zero-order valence-corrected chi connectivity index (χ0v) is 13.4. The first-order valence-corrected chi connectivity index (χ1v) is 7.95. The molecule has 1 fully saturated rings. The molecule has 4 heteroatoms. The molecule has 4 nitrogen and oxygen atoms in total. The summed E-state index contributed by atoms with van der Waals surface area (Å²) in [5.41, 5.74) is 4.99. The minimum absolute atomic E-state index is 0.0433. The SMILES string of the molecule is CC1CCCC(O)(CNC(=O)CCC(C)(C)CCN)C1. The monoisotopic (exact) mass is 284 g/mol. The molecule has 0 aromatic rings. The zero-order chi connectivity index (χ0) is 15.2. The highest BCUT2D eigenvalue weighted by molar-refractivity contribution is 5.75. The van der Waals surface area contributed by atoms with Gasteiger partial charge in [-0.15, -0.1) is 0 Å². The minimum Gasteiger partial charge on any atom is -0.388 e. The Balaban J connectivity index is 2.29. The zero-order valence-electron chi connectivity index (χ0n) is 13.4. The van der Waals surface area contributed by atoms with Crippen LogP contribution in [0.1, 0.15) is 65.7 Å². The summed E-state index contributed by atoms with van der Waals surface area (Å²) in [6.45, 7) is 7.51. The largest absolute Gasteiger partial charge is 0.388 e. The lowest BCUT2D eigenvalue weighted by Gasteiger charge is -2.35. The van der Waals surface area contributed by atoms with Gasteiger partial charge in [-0.3, -0.25) is 4.79 Å². The Morgan fingerprint density at radius 1 is 1.45 bits per heavy atom. The van der Waals surface area contributed by atoms with Crippen molar-refractivity contribution < 1.29 is 9.90 Å². The summed E-state index contributed by atoms with van der Waals surface area (Å²) in [5.74, 6) is 0.593. The van der Waals surface area contributed by atoms with E-state index in [1.54, 1.807) is 0 Å². The van der Waals surface area contributed by atoms with Gasteiger partial charge in [-0.25, -0.2) is 0 Å². The van der Waals surface area contributed by atoms with E-state index in [0.29, 0.717) is 25.4 Å². The van der Waals surface area contributed by atoms with Crippen molar-refractivity contribution >= 4 is 5.91 Å². The summed E-state index contributed by atoms with van der Waals surface area (Å²) in [7, 11) is 0. The molecule has 1 saturated carbocycles. The maximum Gasteiger partial charge on any atom is 0.220 e. The molecule has 0 bridgehead atoms. The third kappa shape index (κ3) is 6.23. The highest BCUT2D eigenvalue weighted by Gasteiger charge is 2.32. The summed E-state index contributed by atoms with van der Waals surface area (Å²) in [6, 6.07) is 0. The molecule has 1 rings (SSSR count). The molecular formula is C16H32N2O2. The first-order chi connectivity index (χ1) is 9.26. The Hall–Kier alpha value is -0.610. The van der Waals surface area contributed by atoms with E-state index in [1.165, 1.54) is 6.42 Å². The van der Waals surface area contributed by atoms with Crippen molar-refractivity contribution in [1.82, 2.24) is 5.32 Å². The number of carbonyl (C=O) groups excluding carboxylic acids is 1. The molecule has 2 unspecified atom stereocenters. The van der Waals surface area contributed by atoms with Crippen molar-refractivity contribution in [2.45, 2.75) is 71.3 Å². The molecule has 0 spiro atoms. The number of nitrogens with one attached hydrogen (secondary N) is 1. The molecule has 4 N–H and O–H groups in total. The van der Waals surface area contributed by atoms with Gasteiger partial charge < -0.3 is 16.2 Å². The van der Waals surface area contributed by atoms with E-state index < -0.39 is 5.60 Å². The molecular weight excluding hydrogens is 252 g/mol. The van der Waals surface area contributed by atoms with Crippen LogP contribution in [0.4, 0.5) is 0 Å². The average Bonchev–Trinajstić information content (AvgIpc) is 2.34. The topological polar surface area (TPSA) is 75.3 Å². The highest BCUT2D eigenvalue weighted by atomic mass is 16.3. The van der Waals surface area contributed by atoms with Crippen LogP contribution in [0, 0.1) is 11.3 Å². The number of nitrogens with two attached hydrogens (primary N) is 1. The first kappa shape index (κ1) is 17.4. The molecule has 0 heterocycles. The smallest absolute Gasteiger partial charge is 0.220 e. The van der Waals surface area contributed by atoms with Gasteiger partial charge in [-0.1, -0.05) is 33.6 Å². The van der Waals surface area contributed by atoms with Crippen molar-refractivity contribution in [3.05, 3.63) is 0 Å². The molecule has 1 amide bonds. The lowest BCUT2D eigenvalue weighted by molar-refractivity contribution is -0.123. The Labute approximate surface area is 123 Å². The third-order valence-electron chi connectivity index (χ3n) is 4.53. The van der Waals surface area contributed by atoms with Gasteiger partial charge in [0.15, 0.2) is 0 Å². The summed E-state index contributed by atoms with van der Waals surface area (Å²) in [5, 5.41) is 13.4. The quantitative estimate of drug-likeness (QED) is 0.671. The maximum absolute atomic E-state index is 11.9. The van der Waals surface area contributed by atoms with Crippen LogP contribution >= 0.6 is 0 Å². The number of amides is 1. The van der Waals surface area contributed by atoms with Gasteiger partial charge in [0.2, 0.25) is 5.91 Å². The predicted octanol–water partition coefficient (Wildman–Crippen LogP) is 2.20. The number of hydrogen-bond acceptors (Lipinski definition) is 3. The number of rotatable bonds is 7. The second-order valence-corrected chi connectivity index (χ2v) is 7.41. The van der Waals surface area contributed by atoms with Gasteiger partial charge in [0, 0.05) is 13.0 Å². The predicted molar refractivity (Wildman–Crippen MR) is 82.3 cm³/mol. The van der Waals surface area contributed by atoms with Crippen LogP contribution < -0.4 is 11.1 Å².